The van der Waals surface area contributed by atoms with Gasteiger partial charge in [-0.25, -0.2) is 0 Å². The first kappa shape index (κ1) is 15.7. The molecule has 2 aliphatic rings. The third kappa shape index (κ3) is 3.93. The van der Waals surface area contributed by atoms with E-state index in [0.717, 1.165) is 71.7 Å². The Labute approximate surface area is 122 Å². The van der Waals surface area contributed by atoms with Gasteiger partial charge in [-0.15, -0.1) is 0 Å². The number of hydrogen-bond donors (Lipinski definition) is 1. The summed E-state index contributed by atoms with van der Waals surface area (Å²) in [5.41, 5.74) is -0.194. The summed E-state index contributed by atoms with van der Waals surface area (Å²) in [5, 5.41) is 3.37. The molecule has 2 aliphatic heterocycles. The van der Waals surface area contributed by atoms with Crippen LogP contribution in [0.1, 0.15) is 26.2 Å². The van der Waals surface area contributed by atoms with Crippen LogP contribution in [0.3, 0.4) is 0 Å². The van der Waals surface area contributed by atoms with Gasteiger partial charge in [0.05, 0.1) is 12.0 Å². The zero-order valence-corrected chi connectivity index (χ0v) is 13.0. The Morgan fingerprint density at radius 2 is 2.10 bits per heavy atom. The van der Waals surface area contributed by atoms with Crippen molar-refractivity contribution >= 4 is 5.91 Å². The van der Waals surface area contributed by atoms with Gasteiger partial charge in [0, 0.05) is 39.8 Å². The van der Waals surface area contributed by atoms with Crippen molar-refractivity contribution in [1.29, 1.82) is 0 Å². The molecule has 5 nitrogen and oxygen atoms in total. The Hall–Kier alpha value is -0.650. The van der Waals surface area contributed by atoms with Crippen molar-refractivity contribution in [3.05, 3.63) is 0 Å². The highest BCUT2D eigenvalue weighted by Gasteiger charge is 2.37. The van der Waals surface area contributed by atoms with E-state index in [-0.39, 0.29) is 5.41 Å². The molecule has 1 amide bonds. The summed E-state index contributed by atoms with van der Waals surface area (Å²) in [6.45, 7) is 9.54. The standard InChI is InChI=1S/C15H29N3O2/c1-15(5-3-6-16-13-15)14(19)18-8-4-7-17(9-10-18)11-12-20-2/h16H,3-13H2,1-2H3. The number of carbonyl (C=O) groups is 1. The van der Waals surface area contributed by atoms with Crippen molar-refractivity contribution in [1.82, 2.24) is 15.1 Å². The number of rotatable bonds is 4. The molecule has 0 aromatic rings. The lowest BCUT2D eigenvalue weighted by Crippen LogP contribution is -2.51. The van der Waals surface area contributed by atoms with Crippen LogP contribution in [0.15, 0.2) is 0 Å². The second-order valence-electron chi connectivity index (χ2n) is 6.32. The lowest BCUT2D eigenvalue weighted by atomic mass is 9.81. The van der Waals surface area contributed by atoms with Crippen molar-refractivity contribution in [2.45, 2.75) is 26.2 Å². The summed E-state index contributed by atoms with van der Waals surface area (Å²) in [6, 6.07) is 0. The maximum atomic E-state index is 12.8. The van der Waals surface area contributed by atoms with E-state index in [1.807, 2.05) is 0 Å². The van der Waals surface area contributed by atoms with Crippen LogP contribution in [0.2, 0.25) is 0 Å². The van der Waals surface area contributed by atoms with Gasteiger partial charge in [0.2, 0.25) is 5.91 Å². The summed E-state index contributed by atoms with van der Waals surface area (Å²) in [4.78, 5) is 17.3. The van der Waals surface area contributed by atoms with Crippen molar-refractivity contribution in [3.8, 4) is 0 Å². The van der Waals surface area contributed by atoms with Gasteiger partial charge in [-0.05, 0) is 39.3 Å². The van der Waals surface area contributed by atoms with E-state index in [9.17, 15) is 4.79 Å². The van der Waals surface area contributed by atoms with Crippen LogP contribution in [0.4, 0.5) is 0 Å². The van der Waals surface area contributed by atoms with Crippen LogP contribution in [-0.4, -0.2) is 75.2 Å². The summed E-state index contributed by atoms with van der Waals surface area (Å²) in [5.74, 6) is 0.346. The molecule has 2 saturated heterocycles. The summed E-state index contributed by atoms with van der Waals surface area (Å²) in [7, 11) is 1.74. The Morgan fingerprint density at radius 1 is 1.25 bits per heavy atom. The van der Waals surface area contributed by atoms with Gasteiger partial charge in [0.1, 0.15) is 0 Å². The fourth-order valence-corrected chi connectivity index (χ4v) is 3.24. The largest absolute Gasteiger partial charge is 0.383 e. The van der Waals surface area contributed by atoms with E-state index >= 15 is 0 Å². The summed E-state index contributed by atoms with van der Waals surface area (Å²) >= 11 is 0. The highest BCUT2D eigenvalue weighted by Crippen LogP contribution is 2.28. The first-order valence-electron chi connectivity index (χ1n) is 7.87. The lowest BCUT2D eigenvalue weighted by Gasteiger charge is -2.37. The number of amides is 1. The van der Waals surface area contributed by atoms with E-state index in [4.69, 9.17) is 4.74 Å². The second kappa shape index (κ2) is 7.38. The Bertz CT molecular complexity index is 316. The van der Waals surface area contributed by atoms with Crippen LogP contribution in [0.5, 0.6) is 0 Å². The zero-order chi connectivity index (χ0) is 14.4. The minimum absolute atomic E-state index is 0.194. The molecule has 0 bridgehead atoms. The van der Waals surface area contributed by atoms with Crippen LogP contribution in [0, 0.1) is 5.41 Å². The number of ether oxygens (including phenoxy) is 1. The van der Waals surface area contributed by atoms with E-state index < -0.39 is 0 Å². The monoisotopic (exact) mass is 283 g/mol. The van der Waals surface area contributed by atoms with Crippen molar-refractivity contribution in [3.63, 3.8) is 0 Å². The molecule has 5 heteroatoms. The minimum atomic E-state index is -0.194. The van der Waals surface area contributed by atoms with Crippen LogP contribution in [0.25, 0.3) is 0 Å². The molecule has 2 heterocycles. The molecule has 0 spiro atoms. The maximum Gasteiger partial charge on any atom is 0.229 e. The molecule has 1 unspecified atom stereocenters. The lowest BCUT2D eigenvalue weighted by molar-refractivity contribution is -0.142. The van der Waals surface area contributed by atoms with Gasteiger partial charge in [0.15, 0.2) is 0 Å². The number of hydrogen-bond acceptors (Lipinski definition) is 4. The highest BCUT2D eigenvalue weighted by atomic mass is 16.5. The second-order valence-corrected chi connectivity index (χ2v) is 6.32. The molecule has 0 aliphatic carbocycles. The molecular formula is C15H29N3O2. The zero-order valence-electron chi connectivity index (χ0n) is 13.0. The highest BCUT2D eigenvalue weighted by molar-refractivity contribution is 5.82. The quantitative estimate of drug-likeness (QED) is 0.819. The number of piperidine rings is 1. The number of carbonyl (C=O) groups excluding carboxylic acids is 1. The van der Waals surface area contributed by atoms with E-state index in [0.29, 0.717) is 5.91 Å². The minimum Gasteiger partial charge on any atom is -0.383 e. The SMILES string of the molecule is COCCN1CCCN(C(=O)C2(C)CCCNC2)CC1. The first-order valence-corrected chi connectivity index (χ1v) is 7.87. The Kier molecular flexibility index (Phi) is 5.81. The predicted molar refractivity (Wildman–Crippen MR) is 79.7 cm³/mol. The first-order chi connectivity index (χ1) is 9.65. The predicted octanol–water partition coefficient (Wildman–Crippen LogP) is 0.557. The maximum absolute atomic E-state index is 12.8. The number of nitrogens with one attached hydrogen (secondary N) is 1. The van der Waals surface area contributed by atoms with Crippen LogP contribution in [-0.2, 0) is 9.53 Å². The smallest absolute Gasteiger partial charge is 0.229 e. The van der Waals surface area contributed by atoms with Gasteiger partial charge >= 0.3 is 0 Å². The van der Waals surface area contributed by atoms with Gasteiger partial charge < -0.3 is 15.0 Å². The number of methoxy groups -OCH3 is 1. The van der Waals surface area contributed by atoms with Crippen LogP contribution >= 0.6 is 0 Å². The van der Waals surface area contributed by atoms with Gasteiger partial charge in [-0.2, -0.15) is 0 Å². The molecule has 1 atom stereocenters. The molecule has 116 valence electrons. The van der Waals surface area contributed by atoms with Crippen molar-refractivity contribution < 1.29 is 9.53 Å². The molecular weight excluding hydrogens is 254 g/mol. The third-order valence-corrected chi connectivity index (χ3v) is 4.60. The Balaban J connectivity index is 1.87. The average molecular weight is 283 g/mol. The van der Waals surface area contributed by atoms with E-state index in [1.54, 1.807) is 7.11 Å². The fourth-order valence-electron chi connectivity index (χ4n) is 3.24. The molecule has 2 rings (SSSR count). The third-order valence-electron chi connectivity index (χ3n) is 4.60. The molecule has 2 fully saturated rings. The normalized spacial score (nSPS) is 29.2. The van der Waals surface area contributed by atoms with Gasteiger partial charge in [-0.3, -0.25) is 9.69 Å². The summed E-state index contributed by atoms with van der Waals surface area (Å²) in [6.07, 6.45) is 3.19. The Morgan fingerprint density at radius 3 is 2.80 bits per heavy atom. The number of nitrogens with zero attached hydrogens (tertiary/aromatic N) is 2. The van der Waals surface area contributed by atoms with Gasteiger partial charge in [-0.1, -0.05) is 0 Å². The molecule has 0 saturated carbocycles. The molecule has 1 N–H and O–H groups in total. The summed E-state index contributed by atoms with van der Waals surface area (Å²) < 4.78 is 5.14. The van der Waals surface area contributed by atoms with Crippen LogP contribution < -0.4 is 5.32 Å². The molecule has 0 aromatic heterocycles. The van der Waals surface area contributed by atoms with E-state index in [2.05, 4.69) is 22.0 Å². The topological polar surface area (TPSA) is 44.8 Å². The molecule has 0 radical (unpaired) electrons. The molecule has 0 aromatic carbocycles. The van der Waals surface area contributed by atoms with Crippen molar-refractivity contribution in [2.24, 2.45) is 5.41 Å². The average Bonchev–Trinajstić information content (AvgIpc) is 2.70. The fraction of sp³-hybridized carbons (Fsp3) is 0.933. The van der Waals surface area contributed by atoms with Gasteiger partial charge in [0.25, 0.3) is 0 Å². The molecule has 20 heavy (non-hydrogen) atoms. The van der Waals surface area contributed by atoms with E-state index in [1.165, 1.54) is 0 Å². The van der Waals surface area contributed by atoms with Crippen molar-refractivity contribution in [2.75, 3.05) is 59.5 Å².